The molecular formula is C12H15BO2S. The number of rotatable bonds is 2. The number of carbonyl (C=O) groups excluding carboxylic acids is 1. The molecule has 0 N–H and O–H groups in total. The predicted molar refractivity (Wildman–Crippen MR) is 69.5 cm³/mol. The molecule has 84 valence electrons. The first-order valence-corrected chi connectivity index (χ1v) is 6.74. The highest BCUT2D eigenvalue weighted by Crippen LogP contribution is 2.16. The molecule has 0 spiro atoms. The summed E-state index contributed by atoms with van der Waals surface area (Å²) in [6, 6.07) is 7.69. The van der Waals surface area contributed by atoms with E-state index in [2.05, 4.69) is 0 Å². The van der Waals surface area contributed by atoms with E-state index in [0.29, 0.717) is 0 Å². The zero-order chi connectivity index (χ0) is 11.2. The zero-order valence-electron chi connectivity index (χ0n) is 9.22. The van der Waals surface area contributed by atoms with Crippen molar-refractivity contribution < 1.29 is 9.45 Å². The molecule has 0 saturated carbocycles. The van der Waals surface area contributed by atoms with Gasteiger partial charge in [-0.3, -0.25) is 4.79 Å². The van der Waals surface area contributed by atoms with Crippen LogP contribution in [0.5, 0.6) is 0 Å². The van der Waals surface area contributed by atoms with Crippen LogP contribution in [0.25, 0.3) is 0 Å². The van der Waals surface area contributed by atoms with Crippen molar-refractivity contribution in [2.24, 2.45) is 0 Å². The van der Waals surface area contributed by atoms with Crippen molar-refractivity contribution in [3.05, 3.63) is 29.8 Å². The van der Waals surface area contributed by atoms with Crippen LogP contribution in [0.4, 0.5) is 0 Å². The van der Waals surface area contributed by atoms with E-state index in [-0.39, 0.29) is 6.19 Å². The van der Waals surface area contributed by atoms with Crippen LogP contribution in [-0.2, 0) is 4.65 Å². The minimum atomic E-state index is 0.0294. The Kier molecular flexibility index (Phi) is 4.49. The fourth-order valence-electron chi connectivity index (χ4n) is 1.82. The van der Waals surface area contributed by atoms with Gasteiger partial charge in [0.2, 0.25) is 0 Å². The molecule has 1 saturated heterocycles. The standard InChI is InChI=1S/C12H15BO2S/c14-10-11-6-2-3-7-12(11)13-15-8-4-1-5-9-16-13/h2-3,6-7,10H,1,4-5,8-9H2. The van der Waals surface area contributed by atoms with Gasteiger partial charge in [0.15, 0.2) is 0 Å². The summed E-state index contributed by atoms with van der Waals surface area (Å²) >= 11 is 1.80. The van der Waals surface area contributed by atoms with Crippen molar-refractivity contribution in [2.75, 3.05) is 12.4 Å². The van der Waals surface area contributed by atoms with Crippen LogP contribution in [0.1, 0.15) is 29.6 Å². The molecule has 1 aromatic carbocycles. The van der Waals surface area contributed by atoms with Crippen LogP contribution in [0.3, 0.4) is 0 Å². The Balaban J connectivity index is 2.16. The second kappa shape index (κ2) is 6.11. The van der Waals surface area contributed by atoms with Gasteiger partial charge in [-0.15, -0.1) is 0 Å². The van der Waals surface area contributed by atoms with E-state index >= 15 is 0 Å². The van der Waals surface area contributed by atoms with E-state index in [1.807, 2.05) is 24.3 Å². The van der Waals surface area contributed by atoms with Gasteiger partial charge in [-0.1, -0.05) is 30.7 Å². The number of hydrogen-bond donors (Lipinski definition) is 0. The molecule has 2 nitrogen and oxygen atoms in total. The van der Waals surface area contributed by atoms with Crippen LogP contribution in [0.2, 0.25) is 0 Å². The average Bonchev–Trinajstić information content (AvgIpc) is 2.29. The predicted octanol–water partition coefficient (Wildman–Crippen LogP) is 2.13. The Morgan fingerprint density at radius 3 is 3.00 bits per heavy atom. The average molecular weight is 234 g/mol. The fraction of sp³-hybridized carbons (Fsp3) is 0.417. The van der Waals surface area contributed by atoms with Crippen molar-refractivity contribution in [1.29, 1.82) is 0 Å². The highest BCUT2D eigenvalue weighted by Gasteiger charge is 2.23. The summed E-state index contributed by atoms with van der Waals surface area (Å²) in [5, 5.41) is 0. The van der Waals surface area contributed by atoms with Crippen LogP contribution in [-0.4, -0.2) is 24.8 Å². The van der Waals surface area contributed by atoms with Gasteiger partial charge < -0.3 is 4.65 Å². The Bertz CT molecular complexity index is 349. The third-order valence-electron chi connectivity index (χ3n) is 2.70. The van der Waals surface area contributed by atoms with Crippen LogP contribution >= 0.6 is 11.6 Å². The first-order chi connectivity index (χ1) is 7.92. The molecule has 0 atom stereocenters. The normalized spacial score (nSPS) is 17.6. The van der Waals surface area contributed by atoms with Gasteiger partial charge in [0.1, 0.15) is 6.29 Å². The maximum absolute atomic E-state index is 11.0. The van der Waals surface area contributed by atoms with Crippen LogP contribution < -0.4 is 5.46 Å². The molecule has 0 unspecified atom stereocenters. The maximum atomic E-state index is 11.0. The summed E-state index contributed by atoms with van der Waals surface area (Å²) < 4.78 is 5.82. The van der Waals surface area contributed by atoms with E-state index in [1.54, 1.807) is 11.6 Å². The van der Waals surface area contributed by atoms with Crippen LogP contribution in [0, 0.1) is 0 Å². The summed E-state index contributed by atoms with van der Waals surface area (Å²) in [7, 11) is 0. The van der Waals surface area contributed by atoms with Crippen molar-refractivity contribution in [3.63, 3.8) is 0 Å². The van der Waals surface area contributed by atoms with E-state index < -0.39 is 0 Å². The number of aldehydes is 1. The molecule has 1 aliphatic rings. The van der Waals surface area contributed by atoms with E-state index in [0.717, 1.165) is 36.1 Å². The molecule has 1 heterocycles. The number of hydrogen-bond acceptors (Lipinski definition) is 3. The molecule has 4 heteroatoms. The van der Waals surface area contributed by atoms with Gasteiger partial charge in [-0.2, -0.15) is 11.6 Å². The van der Waals surface area contributed by atoms with Gasteiger partial charge in [0, 0.05) is 12.2 Å². The van der Waals surface area contributed by atoms with E-state index in [9.17, 15) is 4.79 Å². The van der Waals surface area contributed by atoms with Crippen molar-refractivity contribution >= 4 is 29.6 Å². The van der Waals surface area contributed by atoms with Crippen molar-refractivity contribution in [3.8, 4) is 0 Å². The van der Waals surface area contributed by atoms with Gasteiger partial charge in [0.05, 0.1) is 0 Å². The van der Waals surface area contributed by atoms with Gasteiger partial charge in [-0.25, -0.2) is 0 Å². The first kappa shape index (κ1) is 11.7. The summed E-state index contributed by atoms with van der Waals surface area (Å²) in [5.74, 6) is 1.11. The fourth-order valence-corrected chi connectivity index (χ4v) is 2.99. The number of benzene rings is 1. The Morgan fingerprint density at radius 2 is 2.12 bits per heavy atom. The Labute approximate surface area is 101 Å². The van der Waals surface area contributed by atoms with E-state index in [4.69, 9.17) is 4.65 Å². The monoisotopic (exact) mass is 234 g/mol. The highest BCUT2D eigenvalue weighted by molar-refractivity contribution is 8.26. The maximum Gasteiger partial charge on any atom is 0.397 e. The van der Waals surface area contributed by atoms with Gasteiger partial charge in [0.25, 0.3) is 0 Å². The molecule has 0 bridgehead atoms. The quantitative estimate of drug-likeness (QED) is 0.579. The molecule has 1 fully saturated rings. The third-order valence-corrected chi connectivity index (χ3v) is 3.92. The molecule has 0 aliphatic carbocycles. The lowest BCUT2D eigenvalue weighted by atomic mass is 9.82. The SMILES string of the molecule is O=Cc1ccccc1B1OCCCCCS1. The smallest absolute Gasteiger partial charge is 0.397 e. The lowest BCUT2D eigenvalue weighted by Crippen LogP contribution is -2.34. The minimum absolute atomic E-state index is 0.0294. The second-order valence-electron chi connectivity index (χ2n) is 3.88. The zero-order valence-corrected chi connectivity index (χ0v) is 10.0. The third kappa shape index (κ3) is 2.89. The van der Waals surface area contributed by atoms with Crippen LogP contribution in [0.15, 0.2) is 24.3 Å². The van der Waals surface area contributed by atoms with Gasteiger partial charge in [-0.05, 0) is 24.1 Å². The van der Waals surface area contributed by atoms with Gasteiger partial charge >= 0.3 is 6.19 Å². The Morgan fingerprint density at radius 1 is 1.25 bits per heavy atom. The van der Waals surface area contributed by atoms with E-state index in [1.165, 1.54) is 12.8 Å². The summed E-state index contributed by atoms with van der Waals surface area (Å²) in [6.45, 7) is 0.796. The lowest BCUT2D eigenvalue weighted by molar-refractivity contribution is 0.112. The molecular weight excluding hydrogens is 219 g/mol. The summed E-state index contributed by atoms with van der Waals surface area (Å²) in [4.78, 5) is 11.0. The Hall–Kier alpha value is -0.735. The molecule has 1 aromatic rings. The lowest BCUT2D eigenvalue weighted by Gasteiger charge is -2.18. The first-order valence-electron chi connectivity index (χ1n) is 5.69. The molecule has 16 heavy (non-hydrogen) atoms. The molecule has 2 rings (SSSR count). The molecule has 1 aliphatic heterocycles. The van der Waals surface area contributed by atoms with Crippen molar-refractivity contribution in [2.45, 2.75) is 19.3 Å². The second-order valence-corrected chi connectivity index (χ2v) is 5.05. The number of carbonyl (C=O) groups is 1. The molecule has 0 amide bonds. The minimum Gasteiger partial charge on any atom is -0.422 e. The summed E-state index contributed by atoms with van der Waals surface area (Å²) in [6.07, 6.45) is 4.56. The largest absolute Gasteiger partial charge is 0.422 e. The van der Waals surface area contributed by atoms with Crippen molar-refractivity contribution in [1.82, 2.24) is 0 Å². The highest BCUT2D eigenvalue weighted by atomic mass is 32.2. The summed E-state index contributed by atoms with van der Waals surface area (Å²) in [5.41, 5.74) is 1.77. The molecule has 0 aromatic heterocycles. The topological polar surface area (TPSA) is 26.3 Å². The molecule has 0 radical (unpaired) electrons.